The predicted octanol–water partition coefficient (Wildman–Crippen LogP) is 1.45. The van der Waals surface area contributed by atoms with Gasteiger partial charge in [0.1, 0.15) is 11.5 Å². The Hall–Kier alpha value is -1.26. The van der Waals surface area contributed by atoms with Gasteiger partial charge in [-0.2, -0.15) is 0 Å². The summed E-state index contributed by atoms with van der Waals surface area (Å²) in [6, 6.07) is 5.11. The van der Waals surface area contributed by atoms with Crippen LogP contribution in [-0.2, 0) is 9.78 Å². The van der Waals surface area contributed by atoms with Crippen molar-refractivity contribution in [2.45, 2.75) is 5.92 Å². The van der Waals surface area contributed by atoms with Gasteiger partial charge in [-0.15, -0.1) is 0 Å². The van der Waals surface area contributed by atoms with Gasteiger partial charge in [0, 0.05) is 17.5 Å². The summed E-state index contributed by atoms with van der Waals surface area (Å²) in [6.07, 6.45) is 0. The molecule has 2 rings (SSSR count). The second-order valence-electron chi connectivity index (χ2n) is 3.18. The molecule has 0 bridgehead atoms. The van der Waals surface area contributed by atoms with Crippen LogP contribution in [0.4, 0.5) is 0 Å². The SMILES string of the molecule is COOC[C@@H]1COc2cc(O)ccc21. The Morgan fingerprint density at radius 3 is 3.21 bits per heavy atom. The van der Waals surface area contributed by atoms with Gasteiger partial charge in [0.15, 0.2) is 0 Å². The first-order valence-electron chi connectivity index (χ1n) is 4.42. The minimum Gasteiger partial charge on any atom is -0.508 e. The number of ether oxygens (including phenoxy) is 1. The molecule has 14 heavy (non-hydrogen) atoms. The molecular formula is C10H12O4. The second kappa shape index (κ2) is 3.86. The summed E-state index contributed by atoms with van der Waals surface area (Å²) in [5, 5.41) is 9.22. The smallest absolute Gasteiger partial charge is 0.126 e. The largest absolute Gasteiger partial charge is 0.508 e. The molecule has 0 saturated heterocycles. The standard InChI is InChI=1S/C10H12O4/c1-12-14-6-7-5-13-10-4-8(11)2-3-9(7)10/h2-4,7,11H,5-6H2,1H3/t7-/m0/s1. The Morgan fingerprint density at radius 2 is 2.43 bits per heavy atom. The molecule has 0 aromatic heterocycles. The number of fused-ring (bicyclic) bond motifs is 1. The van der Waals surface area contributed by atoms with E-state index >= 15 is 0 Å². The summed E-state index contributed by atoms with van der Waals surface area (Å²) in [5.41, 5.74) is 1.06. The molecule has 0 saturated carbocycles. The third kappa shape index (κ3) is 1.66. The van der Waals surface area contributed by atoms with E-state index in [4.69, 9.17) is 9.62 Å². The zero-order valence-corrected chi connectivity index (χ0v) is 7.90. The van der Waals surface area contributed by atoms with Crippen molar-refractivity contribution in [3.05, 3.63) is 23.8 Å². The average Bonchev–Trinajstić information content (AvgIpc) is 2.57. The Kier molecular flexibility index (Phi) is 2.56. The Labute approximate surface area is 81.9 Å². The Bertz CT molecular complexity index is 324. The predicted molar refractivity (Wildman–Crippen MR) is 49.3 cm³/mol. The van der Waals surface area contributed by atoms with Crippen LogP contribution in [0.2, 0.25) is 0 Å². The van der Waals surface area contributed by atoms with Crippen LogP contribution < -0.4 is 4.74 Å². The third-order valence-electron chi connectivity index (χ3n) is 2.26. The van der Waals surface area contributed by atoms with Gasteiger partial charge < -0.3 is 9.84 Å². The first-order chi connectivity index (χ1) is 6.81. The van der Waals surface area contributed by atoms with E-state index in [0.717, 1.165) is 11.3 Å². The summed E-state index contributed by atoms with van der Waals surface area (Å²) in [6.45, 7) is 1.04. The Balaban J connectivity index is 2.14. The molecule has 0 amide bonds. The van der Waals surface area contributed by atoms with Crippen molar-refractivity contribution in [2.24, 2.45) is 0 Å². The number of phenolic OH excluding ortho intramolecular Hbond substituents is 1. The zero-order chi connectivity index (χ0) is 9.97. The summed E-state index contributed by atoms with van der Waals surface area (Å²) >= 11 is 0. The van der Waals surface area contributed by atoms with E-state index < -0.39 is 0 Å². The fraction of sp³-hybridized carbons (Fsp3) is 0.400. The van der Waals surface area contributed by atoms with E-state index in [1.807, 2.05) is 6.07 Å². The van der Waals surface area contributed by atoms with Crippen molar-refractivity contribution in [3.8, 4) is 11.5 Å². The second-order valence-corrected chi connectivity index (χ2v) is 3.18. The van der Waals surface area contributed by atoms with Crippen molar-refractivity contribution in [2.75, 3.05) is 20.3 Å². The highest BCUT2D eigenvalue weighted by Gasteiger charge is 2.24. The highest BCUT2D eigenvalue weighted by atomic mass is 17.2. The van der Waals surface area contributed by atoms with Gasteiger partial charge in [-0.05, 0) is 6.07 Å². The molecule has 0 spiro atoms. The average molecular weight is 196 g/mol. The number of rotatable bonds is 3. The van der Waals surface area contributed by atoms with Crippen LogP contribution in [0.15, 0.2) is 18.2 Å². The first kappa shape index (κ1) is 9.30. The molecule has 4 heteroatoms. The van der Waals surface area contributed by atoms with Gasteiger partial charge in [-0.25, -0.2) is 9.78 Å². The molecule has 1 aliphatic heterocycles. The van der Waals surface area contributed by atoms with Gasteiger partial charge in [-0.3, -0.25) is 0 Å². The van der Waals surface area contributed by atoms with Gasteiger partial charge >= 0.3 is 0 Å². The van der Waals surface area contributed by atoms with Crippen LogP contribution in [0.3, 0.4) is 0 Å². The molecule has 1 heterocycles. The van der Waals surface area contributed by atoms with Crippen LogP contribution in [-0.4, -0.2) is 25.4 Å². The molecule has 0 unspecified atom stereocenters. The van der Waals surface area contributed by atoms with E-state index in [-0.39, 0.29) is 11.7 Å². The maximum atomic E-state index is 9.22. The summed E-state index contributed by atoms with van der Waals surface area (Å²) < 4.78 is 5.39. The van der Waals surface area contributed by atoms with Crippen molar-refractivity contribution in [3.63, 3.8) is 0 Å². The van der Waals surface area contributed by atoms with Crippen molar-refractivity contribution in [1.29, 1.82) is 0 Å². The molecule has 1 aromatic carbocycles. The van der Waals surface area contributed by atoms with Crippen LogP contribution in [0.25, 0.3) is 0 Å². The van der Waals surface area contributed by atoms with Gasteiger partial charge in [0.2, 0.25) is 0 Å². The summed E-state index contributed by atoms with van der Waals surface area (Å²) in [4.78, 5) is 9.40. The molecule has 1 atom stereocenters. The van der Waals surface area contributed by atoms with E-state index in [9.17, 15) is 5.11 Å². The van der Waals surface area contributed by atoms with E-state index in [2.05, 4.69) is 4.89 Å². The molecule has 0 radical (unpaired) electrons. The number of benzene rings is 1. The Morgan fingerprint density at radius 1 is 1.57 bits per heavy atom. The lowest BCUT2D eigenvalue weighted by atomic mass is 10.0. The minimum atomic E-state index is 0.186. The molecule has 76 valence electrons. The molecule has 1 aromatic rings. The normalized spacial score (nSPS) is 19.1. The zero-order valence-electron chi connectivity index (χ0n) is 7.90. The lowest BCUT2D eigenvalue weighted by molar-refractivity contribution is -0.275. The summed E-state index contributed by atoms with van der Waals surface area (Å²) in [5.74, 6) is 1.14. The monoisotopic (exact) mass is 196 g/mol. The summed E-state index contributed by atoms with van der Waals surface area (Å²) in [7, 11) is 1.48. The van der Waals surface area contributed by atoms with E-state index in [0.29, 0.717) is 13.2 Å². The molecule has 4 nitrogen and oxygen atoms in total. The maximum Gasteiger partial charge on any atom is 0.126 e. The molecule has 1 N–H and O–H groups in total. The topological polar surface area (TPSA) is 47.9 Å². The van der Waals surface area contributed by atoms with E-state index in [1.165, 1.54) is 7.11 Å². The van der Waals surface area contributed by atoms with Crippen molar-refractivity contribution >= 4 is 0 Å². The van der Waals surface area contributed by atoms with Crippen LogP contribution in [0.5, 0.6) is 11.5 Å². The number of hydrogen-bond acceptors (Lipinski definition) is 4. The molecular weight excluding hydrogens is 184 g/mol. The quantitative estimate of drug-likeness (QED) is 0.587. The fourth-order valence-corrected chi connectivity index (χ4v) is 1.55. The van der Waals surface area contributed by atoms with Gasteiger partial charge in [0.05, 0.1) is 20.3 Å². The first-order valence-corrected chi connectivity index (χ1v) is 4.42. The van der Waals surface area contributed by atoms with E-state index in [1.54, 1.807) is 12.1 Å². The van der Waals surface area contributed by atoms with Crippen LogP contribution >= 0.6 is 0 Å². The lowest BCUT2D eigenvalue weighted by Crippen LogP contribution is -2.08. The molecule has 0 fully saturated rings. The van der Waals surface area contributed by atoms with Gasteiger partial charge in [-0.1, -0.05) is 6.07 Å². The van der Waals surface area contributed by atoms with Crippen LogP contribution in [0, 0.1) is 0 Å². The third-order valence-corrected chi connectivity index (χ3v) is 2.26. The molecule has 1 aliphatic rings. The van der Waals surface area contributed by atoms with Crippen LogP contribution in [0.1, 0.15) is 11.5 Å². The highest BCUT2D eigenvalue weighted by molar-refractivity contribution is 5.44. The fourth-order valence-electron chi connectivity index (χ4n) is 1.55. The van der Waals surface area contributed by atoms with Crippen molar-refractivity contribution in [1.82, 2.24) is 0 Å². The number of hydrogen-bond donors (Lipinski definition) is 1. The highest BCUT2D eigenvalue weighted by Crippen LogP contribution is 2.36. The maximum absolute atomic E-state index is 9.22. The number of aromatic hydroxyl groups is 1. The lowest BCUT2D eigenvalue weighted by Gasteiger charge is -2.06. The minimum absolute atomic E-state index is 0.186. The van der Waals surface area contributed by atoms with Gasteiger partial charge in [0.25, 0.3) is 0 Å². The van der Waals surface area contributed by atoms with Crippen molar-refractivity contribution < 1.29 is 19.6 Å². The number of phenols is 1. The molecule has 0 aliphatic carbocycles.